The highest BCUT2D eigenvalue weighted by Crippen LogP contribution is 2.20. The van der Waals surface area contributed by atoms with E-state index in [1.54, 1.807) is 0 Å². The third-order valence-electron chi connectivity index (χ3n) is 4.20. The van der Waals surface area contributed by atoms with Gasteiger partial charge >= 0.3 is 5.97 Å². The molecule has 22 heavy (non-hydrogen) atoms. The number of ether oxygens (including phenoxy) is 1. The maximum absolute atomic E-state index is 11.1. The molecule has 0 aromatic heterocycles. The fourth-order valence-electron chi connectivity index (χ4n) is 2.89. The van der Waals surface area contributed by atoms with Crippen molar-refractivity contribution in [2.75, 3.05) is 19.7 Å². The molecule has 1 saturated heterocycles. The van der Waals surface area contributed by atoms with E-state index >= 15 is 0 Å². The number of carboxylic acid groups (broad SMARTS) is 1. The van der Waals surface area contributed by atoms with Crippen LogP contribution < -0.4 is 4.74 Å². The van der Waals surface area contributed by atoms with Gasteiger partial charge in [-0.25, -0.2) is 0 Å². The second-order valence-corrected chi connectivity index (χ2v) is 6.11. The Morgan fingerprint density at radius 1 is 1.32 bits per heavy atom. The van der Waals surface area contributed by atoms with Crippen LogP contribution in [-0.2, 0) is 11.3 Å². The number of carbonyl (C=O) groups is 1. The van der Waals surface area contributed by atoms with Gasteiger partial charge in [0.2, 0.25) is 0 Å². The minimum atomic E-state index is -0.666. The molecule has 1 unspecified atom stereocenters. The second kappa shape index (κ2) is 8.79. The van der Waals surface area contributed by atoms with Crippen LogP contribution in [-0.4, -0.2) is 35.7 Å². The number of piperidine rings is 1. The van der Waals surface area contributed by atoms with Gasteiger partial charge in [-0.1, -0.05) is 31.9 Å². The summed E-state index contributed by atoms with van der Waals surface area (Å²) in [6, 6.07) is 8.19. The zero-order valence-corrected chi connectivity index (χ0v) is 13.5. The number of likely N-dealkylation sites (tertiary alicyclic amines) is 1. The molecule has 4 nitrogen and oxygen atoms in total. The Balaban J connectivity index is 1.79. The van der Waals surface area contributed by atoms with Gasteiger partial charge < -0.3 is 9.84 Å². The predicted octanol–water partition coefficient (Wildman–Crippen LogP) is 3.55. The van der Waals surface area contributed by atoms with Crippen LogP contribution in [0.2, 0.25) is 0 Å². The van der Waals surface area contributed by atoms with Crippen molar-refractivity contribution in [3.8, 4) is 5.75 Å². The molecule has 0 aliphatic carbocycles. The normalized spacial score (nSPS) is 19.0. The molecule has 1 heterocycles. The molecule has 0 saturated carbocycles. The van der Waals surface area contributed by atoms with Gasteiger partial charge in [0.15, 0.2) is 0 Å². The molecule has 1 aromatic carbocycles. The standard InChI is InChI=1S/C18H27NO3/c1-2-3-4-12-22-17-9-7-15(8-10-17)13-19-11-5-6-16(14-19)18(20)21/h7-10,16H,2-6,11-14H2,1H3,(H,20,21). The first kappa shape index (κ1) is 16.8. The lowest BCUT2D eigenvalue weighted by molar-refractivity contribution is -0.143. The van der Waals surface area contributed by atoms with E-state index in [1.165, 1.54) is 18.4 Å². The highest BCUT2D eigenvalue weighted by molar-refractivity contribution is 5.70. The summed E-state index contributed by atoms with van der Waals surface area (Å²) in [5.74, 6) is 0.0392. The van der Waals surface area contributed by atoms with Crippen molar-refractivity contribution in [1.29, 1.82) is 0 Å². The fourth-order valence-corrected chi connectivity index (χ4v) is 2.89. The van der Waals surface area contributed by atoms with Gasteiger partial charge in [0.1, 0.15) is 5.75 Å². The van der Waals surface area contributed by atoms with Gasteiger partial charge in [0, 0.05) is 13.1 Å². The molecule has 2 rings (SSSR count). The smallest absolute Gasteiger partial charge is 0.307 e. The van der Waals surface area contributed by atoms with Gasteiger partial charge in [-0.3, -0.25) is 9.69 Å². The van der Waals surface area contributed by atoms with Crippen molar-refractivity contribution in [1.82, 2.24) is 4.90 Å². The number of benzene rings is 1. The van der Waals surface area contributed by atoms with Crippen LogP contribution in [0.1, 0.15) is 44.6 Å². The molecule has 0 radical (unpaired) electrons. The van der Waals surface area contributed by atoms with Gasteiger partial charge in [-0.15, -0.1) is 0 Å². The van der Waals surface area contributed by atoms with Gasteiger partial charge in [-0.2, -0.15) is 0 Å². The maximum Gasteiger partial charge on any atom is 0.307 e. The first-order valence-corrected chi connectivity index (χ1v) is 8.36. The molecular formula is C18H27NO3. The molecule has 4 heteroatoms. The monoisotopic (exact) mass is 305 g/mol. The first-order valence-electron chi connectivity index (χ1n) is 8.36. The van der Waals surface area contributed by atoms with E-state index in [2.05, 4.69) is 24.0 Å². The van der Waals surface area contributed by atoms with Crippen molar-refractivity contribution in [3.63, 3.8) is 0 Å². The SMILES string of the molecule is CCCCCOc1ccc(CN2CCCC(C(=O)O)C2)cc1. The summed E-state index contributed by atoms with van der Waals surface area (Å²) in [5, 5.41) is 9.14. The van der Waals surface area contributed by atoms with Crippen LogP contribution in [0.3, 0.4) is 0 Å². The third kappa shape index (κ3) is 5.34. The van der Waals surface area contributed by atoms with E-state index < -0.39 is 5.97 Å². The largest absolute Gasteiger partial charge is 0.494 e. The summed E-state index contributed by atoms with van der Waals surface area (Å²) in [6.45, 7) is 5.42. The molecule has 1 atom stereocenters. The Morgan fingerprint density at radius 3 is 2.77 bits per heavy atom. The topological polar surface area (TPSA) is 49.8 Å². The number of unbranched alkanes of at least 4 members (excludes halogenated alkanes) is 2. The number of hydrogen-bond donors (Lipinski definition) is 1. The Bertz CT molecular complexity index is 458. The lowest BCUT2D eigenvalue weighted by Gasteiger charge is -2.30. The highest BCUT2D eigenvalue weighted by Gasteiger charge is 2.25. The van der Waals surface area contributed by atoms with E-state index in [9.17, 15) is 4.79 Å². The highest BCUT2D eigenvalue weighted by atomic mass is 16.5. The van der Waals surface area contributed by atoms with Crippen molar-refractivity contribution < 1.29 is 14.6 Å². The van der Waals surface area contributed by atoms with Crippen LogP contribution in [0.15, 0.2) is 24.3 Å². The molecule has 0 amide bonds. The van der Waals surface area contributed by atoms with Crippen molar-refractivity contribution in [2.45, 2.75) is 45.6 Å². The average Bonchev–Trinajstić information content (AvgIpc) is 2.53. The van der Waals surface area contributed by atoms with Crippen molar-refractivity contribution in [3.05, 3.63) is 29.8 Å². The molecule has 1 N–H and O–H groups in total. The molecule has 1 aliphatic heterocycles. The second-order valence-electron chi connectivity index (χ2n) is 6.11. The molecule has 0 spiro atoms. The number of nitrogens with zero attached hydrogens (tertiary/aromatic N) is 1. The number of carboxylic acids is 1. The summed E-state index contributed by atoms with van der Waals surface area (Å²) >= 11 is 0. The first-order chi connectivity index (χ1) is 10.7. The van der Waals surface area contributed by atoms with E-state index in [-0.39, 0.29) is 5.92 Å². The number of rotatable bonds is 8. The number of aliphatic carboxylic acids is 1. The maximum atomic E-state index is 11.1. The summed E-state index contributed by atoms with van der Waals surface area (Å²) < 4.78 is 5.71. The molecular weight excluding hydrogens is 278 g/mol. The van der Waals surface area contributed by atoms with Crippen molar-refractivity contribution >= 4 is 5.97 Å². The van der Waals surface area contributed by atoms with E-state index in [4.69, 9.17) is 9.84 Å². The summed E-state index contributed by atoms with van der Waals surface area (Å²) in [4.78, 5) is 13.3. The van der Waals surface area contributed by atoms with E-state index in [0.29, 0.717) is 6.54 Å². The Hall–Kier alpha value is -1.55. The lowest BCUT2D eigenvalue weighted by Crippen LogP contribution is -2.38. The summed E-state index contributed by atoms with van der Waals surface area (Å²) in [7, 11) is 0. The Labute approximate surface area is 133 Å². The molecule has 1 fully saturated rings. The number of hydrogen-bond acceptors (Lipinski definition) is 3. The molecule has 1 aliphatic rings. The van der Waals surface area contributed by atoms with Crippen molar-refractivity contribution in [2.24, 2.45) is 5.92 Å². The molecule has 1 aromatic rings. The molecule has 122 valence electrons. The van der Waals surface area contributed by atoms with Crippen LogP contribution in [0.4, 0.5) is 0 Å². The minimum Gasteiger partial charge on any atom is -0.494 e. The lowest BCUT2D eigenvalue weighted by atomic mass is 9.98. The van der Waals surface area contributed by atoms with Crippen LogP contribution in [0.5, 0.6) is 5.75 Å². The Kier molecular flexibility index (Phi) is 6.72. The Morgan fingerprint density at radius 2 is 2.09 bits per heavy atom. The van der Waals surface area contributed by atoms with Crippen LogP contribution in [0.25, 0.3) is 0 Å². The third-order valence-corrected chi connectivity index (χ3v) is 4.20. The fraction of sp³-hybridized carbons (Fsp3) is 0.611. The summed E-state index contributed by atoms with van der Waals surface area (Å²) in [6.07, 6.45) is 5.28. The summed E-state index contributed by atoms with van der Waals surface area (Å²) in [5.41, 5.74) is 1.21. The quantitative estimate of drug-likeness (QED) is 0.746. The zero-order chi connectivity index (χ0) is 15.8. The molecule has 0 bridgehead atoms. The van der Waals surface area contributed by atoms with Gasteiger partial charge in [0.05, 0.1) is 12.5 Å². The average molecular weight is 305 g/mol. The van der Waals surface area contributed by atoms with Gasteiger partial charge in [0.25, 0.3) is 0 Å². The van der Waals surface area contributed by atoms with Gasteiger partial charge in [-0.05, 0) is 43.5 Å². The van der Waals surface area contributed by atoms with Crippen LogP contribution >= 0.6 is 0 Å². The van der Waals surface area contributed by atoms with E-state index in [1.807, 2.05) is 12.1 Å². The minimum absolute atomic E-state index is 0.213. The zero-order valence-electron chi connectivity index (χ0n) is 13.5. The van der Waals surface area contributed by atoms with Crippen LogP contribution in [0, 0.1) is 5.92 Å². The van der Waals surface area contributed by atoms with E-state index in [0.717, 1.165) is 44.7 Å². The predicted molar refractivity (Wildman–Crippen MR) is 87.1 cm³/mol.